The van der Waals surface area contributed by atoms with Crippen LogP contribution in [0.15, 0.2) is 16.6 Å². The van der Waals surface area contributed by atoms with Gasteiger partial charge in [-0.25, -0.2) is 0 Å². The molecule has 0 aromatic heterocycles. The van der Waals surface area contributed by atoms with Gasteiger partial charge in [-0.05, 0) is 41.5 Å². The lowest BCUT2D eigenvalue weighted by atomic mass is 9.96. The van der Waals surface area contributed by atoms with E-state index in [1.54, 1.807) is 0 Å². The molecule has 1 nitrogen and oxygen atoms in total. The summed E-state index contributed by atoms with van der Waals surface area (Å²) in [6.45, 7) is 12.5. The summed E-state index contributed by atoms with van der Waals surface area (Å²) < 4.78 is 0. The van der Waals surface area contributed by atoms with Gasteiger partial charge in [0.1, 0.15) is 0 Å². The number of allylic oxidation sites excluding steroid dienone is 1. The molecule has 0 fully saturated rings. The summed E-state index contributed by atoms with van der Waals surface area (Å²) in [6, 6.07) is 0. The maximum absolute atomic E-state index is 4.53. The molecule has 0 unspecified atom stereocenters. The molecular weight excluding hydrogens is 134 g/mol. The molecular formula is C10H19N. The second kappa shape index (κ2) is 3.70. The minimum absolute atomic E-state index is 0.0203. The quantitative estimate of drug-likeness (QED) is 0.426. The Bertz CT molecular complexity index is 181. The second-order valence-electron chi connectivity index (χ2n) is 3.59. The van der Waals surface area contributed by atoms with Crippen LogP contribution in [0.5, 0.6) is 0 Å². The lowest BCUT2D eigenvalue weighted by Crippen LogP contribution is -2.19. The van der Waals surface area contributed by atoms with Gasteiger partial charge in [0.2, 0.25) is 0 Å². The van der Waals surface area contributed by atoms with Crippen LogP contribution in [0, 0.1) is 0 Å². The fourth-order valence-electron chi connectivity index (χ4n) is 1.00. The predicted octanol–water partition coefficient (Wildman–Crippen LogP) is 3.21. The van der Waals surface area contributed by atoms with Gasteiger partial charge in [-0.1, -0.05) is 11.6 Å². The van der Waals surface area contributed by atoms with Crippen molar-refractivity contribution >= 4 is 5.71 Å². The van der Waals surface area contributed by atoms with Crippen LogP contribution in [0.25, 0.3) is 0 Å². The van der Waals surface area contributed by atoms with Crippen molar-refractivity contribution in [2.45, 2.75) is 47.1 Å². The van der Waals surface area contributed by atoms with E-state index in [-0.39, 0.29) is 5.54 Å². The summed E-state index contributed by atoms with van der Waals surface area (Å²) in [4.78, 5) is 4.53. The molecule has 11 heavy (non-hydrogen) atoms. The van der Waals surface area contributed by atoms with Crippen LogP contribution in [0.1, 0.15) is 41.5 Å². The van der Waals surface area contributed by atoms with Crippen molar-refractivity contribution < 1.29 is 0 Å². The third kappa shape index (κ3) is 3.35. The zero-order chi connectivity index (χ0) is 9.07. The lowest BCUT2D eigenvalue weighted by molar-refractivity contribution is 0.613. The van der Waals surface area contributed by atoms with E-state index in [9.17, 15) is 0 Å². The third-order valence-electron chi connectivity index (χ3n) is 1.90. The topological polar surface area (TPSA) is 12.4 Å². The van der Waals surface area contributed by atoms with Gasteiger partial charge in [-0.3, -0.25) is 4.99 Å². The Morgan fingerprint density at radius 3 is 1.91 bits per heavy atom. The van der Waals surface area contributed by atoms with Gasteiger partial charge in [-0.15, -0.1) is 0 Å². The average molecular weight is 153 g/mol. The van der Waals surface area contributed by atoms with Gasteiger partial charge in [-0.2, -0.15) is 0 Å². The first-order valence-electron chi connectivity index (χ1n) is 4.06. The molecule has 0 aromatic rings. The molecule has 0 saturated heterocycles. The maximum Gasteiger partial charge on any atom is 0.0756 e. The highest BCUT2D eigenvalue weighted by molar-refractivity contribution is 5.79. The lowest BCUT2D eigenvalue weighted by Gasteiger charge is -2.21. The minimum Gasteiger partial charge on any atom is -0.284 e. The van der Waals surface area contributed by atoms with E-state index in [1.807, 2.05) is 13.8 Å². The summed E-state index contributed by atoms with van der Waals surface area (Å²) in [5.41, 5.74) is 2.43. The average Bonchev–Trinajstić information content (AvgIpc) is 1.83. The molecule has 0 rings (SSSR count). The molecule has 0 heterocycles. The minimum atomic E-state index is -0.0203. The second-order valence-corrected chi connectivity index (χ2v) is 3.59. The number of hydrogen-bond donors (Lipinski definition) is 0. The maximum atomic E-state index is 4.53. The van der Waals surface area contributed by atoms with E-state index in [4.69, 9.17) is 0 Å². The molecule has 0 aliphatic carbocycles. The van der Waals surface area contributed by atoms with E-state index < -0.39 is 0 Å². The molecule has 64 valence electrons. The summed E-state index contributed by atoms with van der Waals surface area (Å²) >= 11 is 0. The van der Waals surface area contributed by atoms with E-state index >= 15 is 0 Å². The molecule has 0 aliphatic heterocycles. The van der Waals surface area contributed by atoms with Crippen LogP contribution in [0.4, 0.5) is 0 Å². The Hall–Kier alpha value is -0.590. The molecule has 0 radical (unpaired) electrons. The Kier molecular flexibility index (Phi) is 3.50. The number of nitrogens with zero attached hydrogens (tertiary/aromatic N) is 1. The zero-order valence-corrected chi connectivity index (χ0v) is 8.52. The normalized spacial score (nSPS) is 13.1. The highest BCUT2D eigenvalue weighted by atomic mass is 14.8. The Balaban J connectivity index is 4.60. The van der Waals surface area contributed by atoms with Gasteiger partial charge >= 0.3 is 0 Å². The van der Waals surface area contributed by atoms with Crippen molar-refractivity contribution in [3.05, 3.63) is 11.6 Å². The van der Waals surface area contributed by atoms with Crippen LogP contribution in [-0.4, -0.2) is 11.3 Å². The molecule has 0 atom stereocenters. The summed E-state index contributed by atoms with van der Waals surface area (Å²) in [6.07, 6.45) is 2.12. The summed E-state index contributed by atoms with van der Waals surface area (Å²) in [5, 5.41) is 0. The zero-order valence-electron chi connectivity index (χ0n) is 8.52. The van der Waals surface area contributed by atoms with Crippen LogP contribution in [0.3, 0.4) is 0 Å². The van der Waals surface area contributed by atoms with Gasteiger partial charge in [0.05, 0.1) is 5.54 Å². The Morgan fingerprint density at radius 2 is 1.64 bits per heavy atom. The molecule has 0 bridgehead atoms. The van der Waals surface area contributed by atoms with Gasteiger partial charge in [0.25, 0.3) is 0 Å². The number of hydrogen-bond acceptors (Lipinski definition) is 1. The monoisotopic (exact) mass is 153 g/mol. The first kappa shape index (κ1) is 10.4. The molecule has 1 heteroatoms. The van der Waals surface area contributed by atoms with E-state index in [1.165, 1.54) is 5.57 Å². The summed E-state index contributed by atoms with van der Waals surface area (Å²) in [7, 11) is 0. The van der Waals surface area contributed by atoms with Crippen LogP contribution in [-0.2, 0) is 0 Å². The molecule has 0 aliphatic rings. The van der Waals surface area contributed by atoms with Crippen LogP contribution in [0.2, 0.25) is 0 Å². The standard InChI is InChI=1S/C10H19N/c1-7-9(4)10(5,6)11-8(2)3/h7H,1-6H3/b9-7+. The first-order chi connectivity index (χ1) is 4.90. The highest BCUT2D eigenvalue weighted by Crippen LogP contribution is 2.19. The molecule has 0 spiro atoms. The largest absolute Gasteiger partial charge is 0.284 e. The molecule has 0 saturated carbocycles. The fourth-order valence-corrected chi connectivity index (χ4v) is 1.00. The van der Waals surface area contributed by atoms with Gasteiger partial charge in [0.15, 0.2) is 0 Å². The summed E-state index contributed by atoms with van der Waals surface area (Å²) in [5.74, 6) is 0. The van der Waals surface area contributed by atoms with Crippen molar-refractivity contribution in [2.24, 2.45) is 4.99 Å². The van der Waals surface area contributed by atoms with Crippen molar-refractivity contribution in [2.75, 3.05) is 0 Å². The van der Waals surface area contributed by atoms with Crippen molar-refractivity contribution in [1.29, 1.82) is 0 Å². The number of aliphatic imine (C=N–C) groups is 1. The third-order valence-corrected chi connectivity index (χ3v) is 1.90. The molecule has 0 amide bonds. The molecule has 0 N–H and O–H groups in total. The SMILES string of the molecule is C/C=C(\C)C(C)(C)N=C(C)C. The van der Waals surface area contributed by atoms with Crippen molar-refractivity contribution in [3.63, 3.8) is 0 Å². The molecule has 0 aromatic carbocycles. The smallest absolute Gasteiger partial charge is 0.0756 e. The Labute approximate surface area is 70.2 Å². The van der Waals surface area contributed by atoms with Gasteiger partial charge in [0, 0.05) is 5.71 Å². The first-order valence-corrected chi connectivity index (χ1v) is 4.06. The fraction of sp³-hybridized carbons (Fsp3) is 0.700. The van der Waals surface area contributed by atoms with E-state index in [0.29, 0.717) is 0 Å². The van der Waals surface area contributed by atoms with Crippen LogP contribution >= 0.6 is 0 Å². The van der Waals surface area contributed by atoms with E-state index in [2.05, 4.69) is 38.8 Å². The predicted molar refractivity (Wildman–Crippen MR) is 52.3 cm³/mol. The van der Waals surface area contributed by atoms with Gasteiger partial charge < -0.3 is 0 Å². The van der Waals surface area contributed by atoms with E-state index in [0.717, 1.165) is 5.71 Å². The number of rotatable bonds is 2. The highest BCUT2D eigenvalue weighted by Gasteiger charge is 2.16. The van der Waals surface area contributed by atoms with Crippen LogP contribution < -0.4 is 0 Å². The Morgan fingerprint density at radius 1 is 1.18 bits per heavy atom. The van der Waals surface area contributed by atoms with Crippen molar-refractivity contribution in [3.8, 4) is 0 Å². The van der Waals surface area contributed by atoms with Crippen molar-refractivity contribution in [1.82, 2.24) is 0 Å².